The first-order valence-corrected chi connectivity index (χ1v) is 10.4. The minimum Gasteiger partial charge on any atom is -0.337 e. The van der Waals surface area contributed by atoms with E-state index in [2.05, 4.69) is 9.97 Å². The molecule has 0 radical (unpaired) electrons. The van der Waals surface area contributed by atoms with Crippen LogP contribution in [-0.2, 0) is 15.8 Å². The minimum atomic E-state index is -3.57. The number of hydrogen-bond donors (Lipinski definition) is 2. The molecule has 3 N–H and O–H groups in total. The van der Waals surface area contributed by atoms with Crippen molar-refractivity contribution in [3.63, 3.8) is 0 Å². The van der Waals surface area contributed by atoms with Crippen LogP contribution < -0.4 is 5.14 Å². The number of hydrogen-bond acceptors (Lipinski definition) is 4. The van der Waals surface area contributed by atoms with Crippen molar-refractivity contribution in [1.82, 2.24) is 15.0 Å². The molecule has 2 aromatic heterocycles. The lowest BCUT2D eigenvalue weighted by molar-refractivity contribution is 0.597. The van der Waals surface area contributed by atoms with Gasteiger partial charge in [-0.05, 0) is 17.7 Å². The Bertz CT molecular complexity index is 1190. The molecular weight excluding hydrogens is 372 g/mol. The highest BCUT2D eigenvalue weighted by atomic mass is 32.2. The summed E-state index contributed by atoms with van der Waals surface area (Å²) in [6, 6.07) is 20.9. The molecule has 0 saturated heterocycles. The Hall–Kier alpha value is -3.29. The number of benzene rings is 2. The summed E-state index contributed by atoms with van der Waals surface area (Å²) in [4.78, 5) is 12.3. The fraction of sp³-hybridized carbons (Fsp3) is 0.0476. The monoisotopic (exact) mass is 390 g/mol. The van der Waals surface area contributed by atoms with E-state index in [9.17, 15) is 8.42 Å². The fourth-order valence-electron chi connectivity index (χ4n) is 3.03. The SMILES string of the molecule is NS(=O)(=O)Cc1ccc(-c2nc(-c3ccccc3)[nH]c2-c2ccncc2)cc1. The van der Waals surface area contributed by atoms with Gasteiger partial charge >= 0.3 is 0 Å². The van der Waals surface area contributed by atoms with Crippen LogP contribution in [0.4, 0.5) is 0 Å². The highest BCUT2D eigenvalue weighted by molar-refractivity contribution is 7.88. The Morgan fingerprint density at radius 1 is 0.821 bits per heavy atom. The molecule has 0 saturated carbocycles. The number of nitrogens with one attached hydrogen (secondary N) is 1. The molecule has 0 aliphatic heterocycles. The number of primary sulfonamides is 1. The molecule has 0 amide bonds. The van der Waals surface area contributed by atoms with E-state index in [1.807, 2.05) is 54.6 Å². The van der Waals surface area contributed by atoms with Gasteiger partial charge in [-0.15, -0.1) is 0 Å². The molecule has 0 atom stereocenters. The third-order valence-electron chi connectivity index (χ3n) is 4.32. The van der Waals surface area contributed by atoms with Crippen molar-refractivity contribution in [2.24, 2.45) is 5.14 Å². The second-order valence-electron chi connectivity index (χ2n) is 6.42. The second kappa shape index (κ2) is 7.38. The number of rotatable bonds is 5. The zero-order chi connectivity index (χ0) is 19.6. The van der Waals surface area contributed by atoms with E-state index in [0.717, 1.165) is 33.9 Å². The van der Waals surface area contributed by atoms with Gasteiger partial charge in [-0.1, -0.05) is 54.6 Å². The summed E-state index contributed by atoms with van der Waals surface area (Å²) in [5.74, 6) is 0.566. The molecule has 4 aromatic rings. The van der Waals surface area contributed by atoms with Crippen LogP contribution >= 0.6 is 0 Å². The van der Waals surface area contributed by atoms with E-state index in [-0.39, 0.29) is 5.75 Å². The van der Waals surface area contributed by atoms with Crippen LogP contribution in [0.2, 0.25) is 0 Å². The molecule has 0 fully saturated rings. The number of aromatic nitrogens is 3. The van der Waals surface area contributed by atoms with E-state index < -0.39 is 10.0 Å². The van der Waals surface area contributed by atoms with Crippen LogP contribution in [0, 0.1) is 0 Å². The van der Waals surface area contributed by atoms with Gasteiger partial charge in [0.15, 0.2) is 0 Å². The lowest BCUT2D eigenvalue weighted by Gasteiger charge is -2.04. The molecule has 6 nitrogen and oxygen atoms in total. The maximum atomic E-state index is 11.3. The van der Waals surface area contributed by atoms with Crippen LogP contribution in [0.25, 0.3) is 33.9 Å². The van der Waals surface area contributed by atoms with Crippen molar-refractivity contribution in [3.8, 4) is 33.9 Å². The molecule has 0 spiro atoms. The van der Waals surface area contributed by atoms with E-state index in [1.54, 1.807) is 24.5 Å². The lowest BCUT2D eigenvalue weighted by atomic mass is 10.0. The van der Waals surface area contributed by atoms with Crippen molar-refractivity contribution >= 4 is 10.0 Å². The highest BCUT2D eigenvalue weighted by Crippen LogP contribution is 2.33. The van der Waals surface area contributed by atoms with Gasteiger partial charge in [0.05, 0.1) is 17.1 Å². The van der Waals surface area contributed by atoms with Crippen LogP contribution in [0.3, 0.4) is 0 Å². The van der Waals surface area contributed by atoms with Crippen LogP contribution in [-0.4, -0.2) is 23.4 Å². The first-order valence-electron chi connectivity index (χ1n) is 8.65. The number of pyridine rings is 1. The molecule has 0 unspecified atom stereocenters. The zero-order valence-corrected chi connectivity index (χ0v) is 15.7. The quantitative estimate of drug-likeness (QED) is 0.543. The Kier molecular flexibility index (Phi) is 4.77. The van der Waals surface area contributed by atoms with Gasteiger partial charge in [0.2, 0.25) is 10.0 Å². The summed E-state index contributed by atoms with van der Waals surface area (Å²) in [5.41, 5.74) is 5.12. The van der Waals surface area contributed by atoms with E-state index in [4.69, 9.17) is 10.1 Å². The predicted molar refractivity (Wildman–Crippen MR) is 110 cm³/mol. The Labute approximate surface area is 163 Å². The predicted octanol–water partition coefficient (Wildman–Crippen LogP) is 3.59. The largest absolute Gasteiger partial charge is 0.337 e. The average molecular weight is 390 g/mol. The maximum absolute atomic E-state index is 11.3. The number of sulfonamides is 1. The van der Waals surface area contributed by atoms with Crippen molar-refractivity contribution < 1.29 is 8.42 Å². The number of aromatic amines is 1. The Morgan fingerprint density at radius 3 is 2.14 bits per heavy atom. The molecule has 140 valence electrons. The van der Waals surface area contributed by atoms with Gasteiger partial charge in [0.1, 0.15) is 5.82 Å². The van der Waals surface area contributed by atoms with E-state index >= 15 is 0 Å². The second-order valence-corrected chi connectivity index (χ2v) is 8.03. The van der Waals surface area contributed by atoms with Crippen molar-refractivity contribution in [1.29, 1.82) is 0 Å². The number of nitrogens with zero attached hydrogens (tertiary/aromatic N) is 2. The third kappa shape index (κ3) is 4.00. The summed E-state index contributed by atoms with van der Waals surface area (Å²) in [6.07, 6.45) is 3.47. The summed E-state index contributed by atoms with van der Waals surface area (Å²) in [7, 11) is -3.57. The molecular formula is C21H18N4O2S. The third-order valence-corrected chi connectivity index (χ3v) is 5.05. The maximum Gasteiger partial charge on any atom is 0.213 e. The number of H-pyrrole nitrogens is 1. The summed E-state index contributed by atoms with van der Waals surface area (Å²) in [6.45, 7) is 0. The first kappa shape index (κ1) is 18.1. The molecule has 7 heteroatoms. The smallest absolute Gasteiger partial charge is 0.213 e. The molecule has 0 aliphatic carbocycles. The van der Waals surface area contributed by atoms with Crippen molar-refractivity contribution in [3.05, 3.63) is 84.7 Å². The average Bonchev–Trinajstić information content (AvgIpc) is 3.14. The summed E-state index contributed by atoms with van der Waals surface area (Å²) < 4.78 is 22.6. The minimum absolute atomic E-state index is 0.194. The Morgan fingerprint density at radius 2 is 1.50 bits per heavy atom. The number of imidazole rings is 1. The normalized spacial score (nSPS) is 11.5. The van der Waals surface area contributed by atoms with Gasteiger partial charge in [-0.2, -0.15) is 0 Å². The zero-order valence-electron chi connectivity index (χ0n) is 14.9. The van der Waals surface area contributed by atoms with Gasteiger partial charge in [0.25, 0.3) is 0 Å². The summed E-state index contributed by atoms with van der Waals surface area (Å²) >= 11 is 0. The van der Waals surface area contributed by atoms with Gasteiger partial charge in [-0.3, -0.25) is 4.98 Å². The summed E-state index contributed by atoms with van der Waals surface area (Å²) in [5, 5.41) is 5.13. The fourth-order valence-corrected chi connectivity index (χ4v) is 3.69. The Balaban J connectivity index is 1.80. The first-order chi connectivity index (χ1) is 13.5. The standard InChI is InChI=1S/C21H18N4O2S/c22-28(26,27)14-15-6-8-16(9-7-15)19-20(17-10-12-23-13-11-17)25-21(24-19)18-4-2-1-3-5-18/h1-13H,14H2,(H,24,25)(H2,22,26,27). The van der Waals surface area contributed by atoms with Crippen LogP contribution in [0.5, 0.6) is 0 Å². The molecule has 4 rings (SSSR count). The van der Waals surface area contributed by atoms with Crippen LogP contribution in [0.15, 0.2) is 79.1 Å². The molecule has 0 bridgehead atoms. The van der Waals surface area contributed by atoms with Gasteiger partial charge < -0.3 is 4.98 Å². The highest BCUT2D eigenvalue weighted by Gasteiger charge is 2.15. The molecule has 2 aromatic carbocycles. The molecule has 28 heavy (non-hydrogen) atoms. The lowest BCUT2D eigenvalue weighted by Crippen LogP contribution is -2.14. The molecule has 2 heterocycles. The molecule has 0 aliphatic rings. The van der Waals surface area contributed by atoms with Crippen molar-refractivity contribution in [2.45, 2.75) is 5.75 Å². The van der Waals surface area contributed by atoms with Crippen LogP contribution in [0.1, 0.15) is 5.56 Å². The van der Waals surface area contributed by atoms with E-state index in [1.165, 1.54) is 0 Å². The topological polar surface area (TPSA) is 102 Å². The van der Waals surface area contributed by atoms with E-state index in [0.29, 0.717) is 5.56 Å². The van der Waals surface area contributed by atoms with Gasteiger partial charge in [-0.25, -0.2) is 18.5 Å². The van der Waals surface area contributed by atoms with Gasteiger partial charge in [0, 0.05) is 29.1 Å². The van der Waals surface area contributed by atoms with Crippen molar-refractivity contribution in [2.75, 3.05) is 0 Å². The number of nitrogens with two attached hydrogens (primary N) is 1.